The van der Waals surface area contributed by atoms with Gasteiger partial charge in [0.15, 0.2) is 0 Å². The number of benzene rings is 1. The summed E-state index contributed by atoms with van der Waals surface area (Å²) in [6.45, 7) is 0.156. The lowest BCUT2D eigenvalue weighted by Crippen LogP contribution is -2.40. The minimum atomic E-state index is -3.68. The van der Waals surface area contributed by atoms with Crippen LogP contribution in [0.5, 0.6) is 0 Å². The van der Waals surface area contributed by atoms with Gasteiger partial charge in [-0.2, -0.15) is 0 Å². The van der Waals surface area contributed by atoms with E-state index in [4.69, 9.17) is 23.2 Å². The van der Waals surface area contributed by atoms with E-state index in [2.05, 4.69) is 11.4 Å². The third-order valence-electron chi connectivity index (χ3n) is 4.04. The number of carbonyl (C=O) groups is 1. The molecule has 1 aromatic carbocycles. The molecule has 0 spiro atoms. The molecule has 0 bridgehead atoms. The topological polar surface area (TPSA) is 66.5 Å². The smallest absolute Gasteiger partial charge is 0.240 e. The van der Waals surface area contributed by atoms with Gasteiger partial charge in [-0.1, -0.05) is 40.9 Å². The number of allylic oxidation sites excluding steroid dienone is 1. The minimum absolute atomic E-state index is 0.106. The van der Waals surface area contributed by atoms with Crippen LogP contribution in [0.3, 0.4) is 0 Å². The molecule has 1 N–H and O–H groups in total. The van der Waals surface area contributed by atoms with Crippen molar-refractivity contribution in [1.82, 2.24) is 5.32 Å². The molecule has 0 saturated carbocycles. The summed E-state index contributed by atoms with van der Waals surface area (Å²) in [4.78, 5) is 12.2. The highest BCUT2D eigenvalue weighted by molar-refractivity contribution is 7.92. The van der Waals surface area contributed by atoms with E-state index in [1.54, 1.807) is 12.1 Å². The largest absolute Gasteiger partial charge is 0.354 e. The van der Waals surface area contributed by atoms with Crippen LogP contribution in [0.25, 0.3) is 0 Å². The molecule has 0 aliphatic heterocycles. The molecule has 0 saturated heterocycles. The number of rotatable bonds is 7. The van der Waals surface area contributed by atoms with Gasteiger partial charge in [-0.3, -0.25) is 9.10 Å². The number of sulfonamides is 1. The second-order valence-electron chi connectivity index (χ2n) is 6.05. The van der Waals surface area contributed by atoms with E-state index in [-0.39, 0.29) is 28.2 Å². The van der Waals surface area contributed by atoms with Crippen LogP contribution in [-0.2, 0) is 14.8 Å². The Labute approximate surface area is 159 Å². The zero-order valence-electron chi connectivity index (χ0n) is 14.1. The Morgan fingerprint density at radius 2 is 2.04 bits per heavy atom. The number of anilines is 1. The summed E-state index contributed by atoms with van der Waals surface area (Å²) >= 11 is 12.1. The van der Waals surface area contributed by atoms with Gasteiger partial charge >= 0.3 is 0 Å². The fourth-order valence-corrected chi connectivity index (χ4v) is 4.06. The Bertz CT molecular complexity index is 763. The van der Waals surface area contributed by atoms with E-state index in [1.165, 1.54) is 24.5 Å². The molecule has 1 aliphatic rings. The van der Waals surface area contributed by atoms with Gasteiger partial charge in [-0.15, -0.1) is 0 Å². The highest BCUT2D eigenvalue weighted by Gasteiger charge is 2.23. The van der Waals surface area contributed by atoms with Crippen molar-refractivity contribution in [2.75, 3.05) is 23.7 Å². The number of nitrogens with one attached hydrogen (secondary N) is 1. The van der Waals surface area contributed by atoms with E-state index in [1.807, 2.05) is 0 Å². The minimum Gasteiger partial charge on any atom is -0.354 e. The molecule has 0 unspecified atom stereocenters. The van der Waals surface area contributed by atoms with Crippen molar-refractivity contribution in [2.24, 2.45) is 0 Å². The van der Waals surface area contributed by atoms with Crippen molar-refractivity contribution < 1.29 is 13.2 Å². The van der Waals surface area contributed by atoms with Crippen LogP contribution in [0.1, 0.15) is 32.1 Å². The molecule has 0 radical (unpaired) electrons. The highest BCUT2D eigenvalue weighted by Crippen LogP contribution is 2.33. The van der Waals surface area contributed by atoms with Gasteiger partial charge in [0.2, 0.25) is 15.9 Å². The number of hydrogen-bond donors (Lipinski definition) is 1. The molecule has 1 amide bonds. The molecule has 1 aliphatic carbocycles. The Morgan fingerprint density at radius 3 is 2.68 bits per heavy atom. The first-order valence-electron chi connectivity index (χ1n) is 8.15. The average molecular weight is 405 g/mol. The van der Waals surface area contributed by atoms with E-state index >= 15 is 0 Å². The van der Waals surface area contributed by atoms with Crippen molar-refractivity contribution in [1.29, 1.82) is 0 Å². The zero-order chi connectivity index (χ0) is 18.4. The molecule has 5 nitrogen and oxygen atoms in total. The average Bonchev–Trinajstić information content (AvgIpc) is 2.55. The predicted molar refractivity (Wildman–Crippen MR) is 103 cm³/mol. The molecule has 2 rings (SSSR count). The third kappa shape index (κ3) is 5.90. The van der Waals surface area contributed by atoms with Crippen molar-refractivity contribution in [2.45, 2.75) is 32.1 Å². The van der Waals surface area contributed by atoms with E-state index in [9.17, 15) is 13.2 Å². The van der Waals surface area contributed by atoms with E-state index in [0.717, 1.165) is 29.8 Å². The SMILES string of the molecule is CS(=O)(=O)N(CC(=O)NCCC1=CCCCC1)c1cccc(Cl)c1Cl. The van der Waals surface area contributed by atoms with Gasteiger partial charge < -0.3 is 5.32 Å². The van der Waals surface area contributed by atoms with Gasteiger partial charge in [-0.25, -0.2) is 8.42 Å². The van der Waals surface area contributed by atoms with Crippen molar-refractivity contribution >= 4 is 44.8 Å². The number of carbonyl (C=O) groups excluding carboxylic acids is 1. The van der Waals surface area contributed by atoms with Crippen LogP contribution in [0.15, 0.2) is 29.8 Å². The summed E-state index contributed by atoms with van der Waals surface area (Å²) in [6.07, 6.45) is 8.63. The van der Waals surface area contributed by atoms with Crippen molar-refractivity contribution in [3.63, 3.8) is 0 Å². The Balaban J connectivity index is 2.01. The fraction of sp³-hybridized carbons (Fsp3) is 0.471. The summed E-state index contributed by atoms with van der Waals surface area (Å²) in [5, 5.41) is 3.11. The number of nitrogens with zero attached hydrogens (tertiary/aromatic N) is 1. The van der Waals surface area contributed by atoms with Crippen LogP contribution in [0.4, 0.5) is 5.69 Å². The first kappa shape index (κ1) is 20.1. The predicted octanol–water partition coefficient (Wildman–Crippen LogP) is 3.77. The van der Waals surface area contributed by atoms with Gasteiger partial charge in [0.05, 0.1) is 22.0 Å². The number of halogens is 2. The monoisotopic (exact) mass is 404 g/mol. The number of amides is 1. The van der Waals surface area contributed by atoms with Gasteiger partial charge in [0.1, 0.15) is 6.54 Å². The second kappa shape index (κ2) is 8.92. The van der Waals surface area contributed by atoms with Crippen molar-refractivity contribution in [3.05, 3.63) is 39.9 Å². The molecule has 0 aromatic heterocycles. The van der Waals surface area contributed by atoms with Crippen LogP contribution >= 0.6 is 23.2 Å². The first-order chi connectivity index (χ1) is 11.8. The van der Waals surface area contributed by atoms with Gasteiger partial charge in [-0.05, 0) is 44.2 Å². The molecule has 0 heterocycles. The molecule has 25 heavy (non-hydrogen) atoms. The van der Waals surface area contributed by atoms with Crippen molar-refractivity contribution in [3.8, 4) is 0 Å². The summed E-state index contributed by atoms with van der Waals surface area (Å²) in [5.41, 5.74) is 1.55. The van der Waals surface area contributed by atoms with Crippen LogP contribution < -0.4 is 9.62 Å². The Hall–Kier alpha value is -1.24. The standard InChI is InChI=1S/C17H22Cl2N2O3S/c1-25(23,24)21(15-9-5-8-14(18)17(15)19)12-16(22)20-11-10-13-6-3-2-4-7-13/h5-6,8-9H,2-4,7,10-12H2,1H3,(H,20,22). The second-order valence-corrected chi connectivity index (χ2v) is 8.74. The van der Waals surface area contributed by atoms with Crippen LogP contribution in [-0.4, -0.2) is 33.7 Å². The van der Waals surface area contributed by atoms with Crippen LogP contribution in [0, 0.1) is 0 Å². The highest BCUT2D eigenvalue weighted by atomic mass is 35.5. The van der Waals surface area contributed by atoms with E-state index < -0.39 is 10.0 Å². The molecule has 1 aromatic rings. The summed E-state index contributed by atoms with van der Waals surface area (Å²) < 4.78 is 25.1. The van der Waals surface area contributed by atoms with E-state index in [0.29, 0.717) is 6.54 Å². The lowest BCUT2D eigenvalue weighted by Gasteiger charge is -2.23. The lowest BCUT2D eigenvalue weighted by atomic mass is 9.97. The fourth-order valence-electron chi connectivity index (χ4n) is 2.75. The summed E-state index contributed by atoms with van der Waals surface area (Å²) in [5.74, 6) is -0.377. The molecule has 0 fully saturated rings. The summed E-state index contributed by atoms with van der Waals surface area (Å²) in [6, 6.07) is 4.68. The molecule has 138 valence electrons. The van der Waals surface area contributed by atoms with Gasteiger partial charge in [0, 0.05) is 6.54 Å². The van der Waals surface area contributed by atoms with Crippen LogP contribution in [0.2, 0.25) is 10.0 Å². The summed E-state index contributed by atoms with van der Waals surface area (Å²) in [7, 11) is -3.68. The normalized spacial score (nSPS) is 14.8. The maximum absolute atomic E-state index is 12.2. The molecule has 0 atom stereocenters. The third-order valence-corrected chi connectivity index (χ3v) is 5.98. The maximum Gasteiger partial charge on any atom is 0.240 e. The zero-order valence-corrected chi connectivity index (χ0v) is 16.4. The lowest BCUT2D eigenvalue weighted by molar-refractivity contribution is -0.119. The van der Waals surface area contributed by atoms with Gasteiger partial charge in [0.25, 0.3) is 0 Å². The first-order valence-corrected chi connectivity index (χ1v) is 10.8. The molecule has 8 heteroatoms. The number of hydrogen-bond acceptors (Lipinski definition) is 3. The maximum atomic E-state index is 12.2. The quantitative estimate of drug-likeness (QED) is 0.703. The molecular formula is C17H22Cl2N2O3S. The Kier molecular flexibility index (Phi) is 7.16. The Morgan fingerprint density at radius 1 is 1.28 bits per heavy atom. The molecular weight excluding hydrogens is 383 g/mol.